The minimum absolute atomic E-state index is 0.704. The SMILES string of the molecule is Cc1ccc(-c2nc3cc(C)cnc3n2Cc2ccc(N)cc2)cc1. The summed E-state index contributed by atoms with van der Waals surface area (Å²) in [5, 5.41) is 0. The number of imidazole rings is 1. The van der Waals surface area contributed by atoms with Crippen molar-refractivity contribution in [3.8, 4) is 11.4 Å². The maximum atomic E-state index is 5.81. The molecule has 2 N–H and O–H groups in total. The van der Waals surface area contributed by atoms with Crippen molar-refractivity contribution in [2.75, 3.05) is 5.73 Å². The lowest BCUT2D eigenvalue weighted by Crippen LogP contribution is -2.03. The van der Waals surface area contributed by atoms with Gasteiger partial charge in [-0.15, -0.1) is 0 Å². The van der Waals surface area contributed by atoms with E-state index in [2.05, 4.69) is 46.8 Å². The Labute approximate surface area is 147 Å². The molecule has 0 bridgehead atoms. The Morgan fingerprint density at radius 3 is 2.36 bits per heavy atom. The summed E-state index contributed by atoms with van der Waals surface area (Å²) in [6, 6.07) is 18.5. The van der Waals surface area contributed by atoms with Gasteiger partial charge < -0.3 is 10.3 Å². The van der Waals surface area contributed by atoms with Crippen molar-refractivity contribution in [3.05, 3.63) is 77.5 Å². The van der Waals surface area contributed by atoms with Gasteiger partial charge in [0.05, 0.1) is 6.54 Å². The molecule has 0 spiro atoms. The van der Waals surface area contributed by atoms with Gasteiger partial charge in [0.2, 0.25) is 0 Å². The minimum atomic E-state index is 0.704. The number of pyridine rings is 1. The van der Waals surface area contributed by atoms with E-state index in [1.165, 1.54) is 11.1 Å². The van der Waals surface area contributed by atoms with E-state index >= 15 is 0 Å². The molecule has 2 heterocycles. The van der Waals surface area contributed by atoms with Gasteiger partial charge in [-0.2, -0.15) is 0 Å². The monoisotopic (exact) mass is 328 g/mol. The second-order valence-corrected chi connectivity index (χ2v) is 6.48. The van der Waals surface area contributed by atoms with Gasteiger partial charge in [0, 0.05) is 17.4 Å². The van der Waals surface area contributed by atoms with Crippen molar-refractivity contribution >= 4 is 16.9 Å². The fourth-order valence-corrected chi connectivity index (χ4v) is 2.99. The van der Waals surface area contributed by atoms with Crippen molar-refractivity contribution in [1.29, 1.82) is 0 Å². The highest BCUT2D eigenvalue weighted by atomic mass is 15.1. The first-order valence-electron chi connectivity index (χ1n) is 8.34. The molecule has 0 aliphatic rings. The molecule has 0 radical (unpaired) electrons. The fourth-order valence-electron chi connectivity index (χ4n) is 2.99. The normalized spacial score (nSPS) is 11.1. The summed E-state index contributed by atoms with van der Waals surface area (Å²) in [5.41, 5.74) is 13.0. The first kappa shape index (κ1) is 15.4. The van der Waals surface area contributed by atoms with Crippen molar-refractivity contribution in [2.24, 2.45) is 0 Å². The van der Waals surface area contributed by atoms with E-state index in [1.54, 1.807) is 0 Å². The van der Waals surface area contributed by atoms with E-state index in [0.717, 1.165) is 33.8 Å². The Balaban J connectivity index is 1.88. The molecule has 2 aromatic carbocycles. The predicted molar refractivity (Wildman–Crippen MR) is 102 cm³/mol. The third-order valence-corrected chi connectivity index (χ3v) is 4.35. The van der Waals surface area contributed by atoms with Gasteiger partial charge in [0.25, 0.3) is 0 Å². The largest absolute Gasteiger partial charge is 0.399 e. The van der Waals surface area contributed by atoms with Crippen LogP contribution in [0.15, 0.2) is 60.8 Å². The second-order valence-electron chi connectivity index (χ2n) is 6.48. The highest BCUT2D eigenvalue weighted by molar-refractivity contribution is 5.78. The molecule has 4 heteroatoms. The Bertz CT molecular complexity index is 1030. The summed E-state index contributed by atoms with van der Waals surface area (Å²) in [5.74, 6) is 0.935. The molecule has 0 saturated carbocycles. The third kappa shape index (κ3) is 2.98. The number of aromatic nitrogens is 3. The van der Waals surface area contributed by atoms with Crippen molar-refractivity contribution in [1.82, 2.24) is 14.5 Å². The van der Waals surface area contributed by atoms with E-state index < -0.39 is 0 Å². The Hall–Kier alpha value is -3.14. The molecule has 0 aliphatic carbocycles. The number of fused-ring (bicyclic) bond motifs is 1. The van der Waals surface area contributed by atoms with Crippen molar-refractivity contribution in [3.63, 3.8) is 0 Å². The minimum Gasteiger partial charge on any atom is -0.399 e. The van der Waals surface area contributed by atoms with Gasteiger partial charge in [-0.3, -0.25) is 0 Å². The summed E-state index contributed by atoms with van der Waals surface area (Å²) in [7, 11) is 0. The number of benzene rings is 2. The highest BCUT2D eigenvalue weighted by Gasteiger charge is 2.14. The zero-order chi connectivity index (χ0) is 17.4. The lowest BCUT2D eigenvalue weighted by atomic mass is 10.1. The average Bonchev–Trinajstić information content (AvgIpc) is 2.95. The summed E-state index contributed by atoms with van der Waals surface area (Å²) in [6.45, 7) is 4.83. The molecular formula is C21H20N4. The lowest BCUT2D eigenvalue weighted by Gasteiger charge is -2.10. The number of nitrogens with zero attached hydrogens (tertiary/aromatic N) is 3. The van der Waals surface area contributed by atoms with Crippen molar-refractivity contribution < 1.29 is 0 Å². The molecular weight excluding hydrogens is 308 g/mol. The molecule has 25 heavy (non-hydrogen) atoms. The van der Waals surface area contributed by atoms with Crippen LogP contribution in [-0.4, -0.2) is 14.5 Å². The first-order valence-corrected chi connectivity index (χ1v) is 8.34. The zero-order valence-electron chi connectivity index (χ0n) is 14.4. The number of rotatable bonds is 3. The van der Waals surface area contributed by atoms with Gasteiger partial charge in [-0.1, -0.05) is 42.0 Å². The summed E-state index contributed by atoms with van der Waals surface area (Å²) in [4.78, 5) is 9.50. The average molecular weight is 328 g/mol. The highest BCUT2D eigenvalue weighted by Crippen LogP contribution is 2.26. The predicted octanol–water partition coefficient (Wildman–Crippen LogP) is 4.35. The topological polar surface area (TPSA) is 56.7 Å². The quantitative estimate of drug-likeness (QED) is 0.569. The second kappa shape index (κ2) is 6.06. The standard InChI is InChI=1S/C21H20N4/c1-14-3-7-17(8-4-14)20-24-19-11-15(2)12-23-21(19)25(20)13-16-5-9-18(22)10-6-16/h3-12H,13,22H2,1-2H3. The van der Waals surface area contributed by atoms with Crippen LogP contribution in [0.5, 0.6) is 0 Å². The van der Waals surface area contributed by atoms with Crippen LogP contribution in [0.2, 0.25) is 0 Å². The maximum Gasteiger partial charge on any atom is 0.160 e. The summed E-state index contributed by atoms with van der Waals surface area (Å²) < 4.78 is 2.17. The molecule has 4 rings (SSSR count). The number of hydrogen-bond donors (Lipinski definition) is 1. The number of nitrogens with two attached hydrogens (primary N) is 1. The van der Waals surface area contributed by atoms with E-state index in [-0.39, 0.29) is 0 Å². The van der Waals surface area contributed by atoms with E-state index in [4.69, 9.17) is 10.7 Å². The Kier molecular flexibility index (Phi) is 3.73. The molecule has 124 valence electrons. The van der Waals surface area contributed by atoms with E-state index in [1.807, 2.05) is 37.4 Å². The Morgan fingerprint density at radius 1 is 0.920 bits per heavy atom. The number of nitrogen functional groups attached to an aromatic ring is 1. The smallest absolute Gasteiger partial charge is 0.160 e. The van der Waals surface area contributed by atoms with Crippen LogP contribution in [0.4, 0.5) is 5.69 Å². The van der Waals surface area contributed by atoms with E-state index in [0.29, 0.717) is 6.54 Å². The molecule has 0 atom stereocenters. The van der Waals surface area contributed by atoms with Crippen LogP contribution >= 0.6 is 0 Å². The molecule has 0 fully saturated rings. The fraction of sp³-hybridized carbons (Fsp3) is 0.143. The van der Waals surface area contributed by atoms with Crippen LogP contribution in [0.1, 0.15) is 16.7 Å². The lowest BCUT2D eigenvalue weighted by molar-refractivity contribution is 0.824. The van der Waals surface area contributed by atoms with Crippen LogP contribution < -0.4 is 5.73 Å². The maximum absolute atomic E-state index is 5.81. The first-order chi connectivity index (χ1) is 12.1. The molecule has 0 aliphatic heterocycles. The van der Waals surface area contributed by atoms with Crippen LogP contribution in [0, 0.1) is 13.8 Å². The molecule has 0 unspecified atom stereocenters. The van der Waals surface area contributed by atoms with Crippen molar-refractivity contribution in [2.45, 2.75) is 20.4 Å². The van der Waals surface area contributed by atoms with Gasteiger partial charge in [-0.05, 0) is 43.2 Å². The summed E-state index contributed by atoms with van der Waals surface area (Å²) in [6.07, 6.45) is 1.89. The van der Waals surface area contributed by atoms with Crippen LogP contribution in [0.25, 0.3) is 22.6 Å². The zero-order valence-corrected chi connectivity index (χ0v) is 14.4. The van der Waals surface area contributed by atoms with Crippen LogP contribution in [0.3, 0.4) is 0 Å². The number of aryl methyl sites for hydroxylation is 2. The van der Waals surface area contributed by atoms with Gasteiger partial charge in [-0.25, -0.2) is 9.97 Å². The van der Waals surface area contributed by atoms with Gasteiger partial charge in [0.15, 0.2) is 5.65 Å². The number of hydrogen-bond acceptors (Lipinski definition) is 3. The summed E-state index contributed by atoms with van der Waals surface area (Å²) >= 11 is 0. The molecule has 2 aromatic heterocycles. The third-order valence-electron chi connectivity index (χ3n) is 4.35. The Morgan fingerprint density at radius 2 is 1.64 bits per heavy atom. The van der Waals surface area contributed by atoms with Gasteiger partial charge >= 0.3 is 0 Å². The van der Waals surface area contributed by atoms with Crippen LogP contribution in [-0.2, 0) is 6.54 Å². The number of anilines is 1. The van der Waals surface area contributed by atoms with Gasteiger partial charge in [0.1, 0.15) is 11.3 Å². The molecule has 0 saturated heterocycles. The van der Waals surface area contributed by atoms with E-state index in [9.17, 15) is 0 Å². The molecule has 0 amide bonds. The molecule has 4 nitrogen and oxygen atoms in total. The molecule has 4 aromatic rings.